The van der Waals surface area contributed by atoms with Crippen molar-refractivity contribution in [2.45, 2.75) is 27.2 Å². The molecule has 0 N–H and O–H groups in total. The zero-order valence-electron chi connectivity index (χ0n) is 23.8. The lowest BCUT2D eigenvalue weighted by molar-refractivity contribution is 0.288. The predicted octanol–water partition coefficient (Wildman–Crippen LogP) is 6.46. The van der Waals surface area contributed by atoms with Crippen molar-refractivity contribution in [1.82, 2.24) is 24.4 Å². The van der Waals surface area contributed by atoms with Crippen LogP contribution < -0.4 is 14.8 Å². The highest BCUT2D eigenvalue weighted by Crippen LogP contribution is 2.29. The Hall–Kier alpha value is -4.82. The number of para-hydroxylation sites is 1. The number of benzene rings is 3. The summed E-state index contributed by atoms with van der Waals surface area (Å²) in [6.45, 7) is 7.11. The molecule has 0 saturated carbocycles. The first kappa shape index (κ1) is 27.4. The first-order chi connectivity index (χ1) is 20.4. The number of aromatic nitrogens is 5. The van der Waals surface area contributed by atoms with Crippen molar-refractivity contribution in [3.8, 4) is 22.7 Å². The van der Waals surface area contributed by atoms with E-state index in [0.717, 1.165) is 45.8 Å². The molecule has 7 nitrogen and oxygen atoms in total. The summed E-state index contributed by atoms with van der Waals surface area (Å²) in [4.78, 5) is 18.5. The molecule has 0 atom stereocenters. The lowest BCUT2D eigenvalue weighted by Gasteiger charge is -2.11. The van der Waals surface area contributed by atoms with Gasteiger partial charge < -0.3 is 4.74 Å². The highest BCUT2D eigenvalue weighted by Gasteiger charge is 2.15. The first-order valence-corrected chi connectivity index (χ1v) is 14.8. The molecule has 210 valence electrons. The molecule has 0 fully saturated rings. The van der Waals surface area contributed by atoms with Crippen molar-refractivity contribution < 1.29 is 4.74 Å². The van der Waals surface area contributed by atoms with Crippen molar-refractivity contribution in [1.29, 1.82) is 0 Å². The quantitative estimate of drug-likeness (QED) is 0.199. The molecule has 3 heterocycles. The zero-order valence-corrected chi connectivity index (χ0v) is 24.6. The summed E-state index contributed by atoms with van der Waals surface area (Å²) < 4.78 is 9.80. The van der Waals surface area contributed by atoms with Gasteiger partial charge in [0.25, 0.3) is 5.56 Å². The number of ether oxygens (including phenoxy) is 1. The molecule has 3 aromatic carbocycles. The number of hydrogen-bond donors (Lipinski definition) is 0. The van der Waals surface area contributed by atoms with E-state index in [2.05, 4.69) is 30.0 Å². The van der Waals surface area contributed by atoms with Gasteiger partial charge in [0.05, 0.1) is 16.8 Å². The highest BCUT2D eigenvalue weighted by atomic mass is 32.1. The zero-order chi connectivity index (χ0) is 29.1. The van der Waals surface area contributed by atoms with E-state index in [1.54, 1.807) is 0 Å². The molecule has 42 heavy (non-hydrogen) atoms. The molecule has 0 unspecified atom stereocenters. The van der Waals surface area contributed by atoms with Gasteiger partial charge in [-0.05, 0) is 72.9 Å². The summed E-state index contributed by atoms with van der Waals surface area (Å²) in [5.41, 5.74) is 5.37. The third-order valence-electron chi connectivity index (χ3n) is 6.87. The average molecular weight is 574 g/mol. The number of fused-ring (bicyclic) bond motifs is 1. The Morgan fingerprint density at radius 1 is 0.952 bits per heavy atom. The maximum absolute atomic E-state index is 13.4. The Morgan fingerprint density at radius 2 is 1.71 bits per heavy atom. The van der Waals surface area contributed by atoms with E-state index < -0.39 is 0 Å². The molecular weight excluding hydrogens is 542 g/mol. The molecule has 0 saturated heterocycles. The van der Waals surface area contributed by atoms with Gasteiger partial charge in [0.1, 0.15) is 11.4 Å². The molecule has 0 aliphatic heterocycles. The van der Waals surface area contributed by atoms with Crippen LogP contribution in [0.2, 0.25) is 0 Å². The van der Waals surface area contributed by atoms with E-state index in [4.69, 9.17) is 9.84 Å². The average Bonchev–Trinajstić information content (AvgIpc) is 3.68. The summed E-state index contributed by atoms with van der Waals surface area (Å²) in [6.07, 6.45) is 8.59. The SMILES string of the molecule is Cc1cc(-c2nn(-c3ccccc3)cc2/C=c2\sc3nc(/C=C/c4ccccc4)nn3c2=O)ccc1OCCC(C)C. The maximum Gasteiger partial charge on any atom is 0.291 e. The van der Waals surface area contributed by atoms with E-state index in [1.165, 1.54) is 15.9 Å². The lowest BCUT2D eigenvalue weighted by Crippen LogP contribution is -2.23. The molecule has 0 spiro atoms. The standard InChI is InChI=1S/C34H31N5O2S/c1-23(2)18-19-41-29-16-15-26(20-24(29)3)32-27(22-38(37-32)28-12-8-5-9-13-28)21-30-33(40)39-34(42-30)35-31(36-39)17-14-25-10-6-4-7-11-25/h4-17,20-23H,18-19H2,1-3H3/b17-14+,30-21-. The third kappa shape index (κ3) is 5.94. The maximum atomic E-state index is 13.4. The summed E-state index contributed by atoms with van der Waals surface area (Å²) in [7, 11) is 0. The minimum atomic E-state index is -0.203. The number of rotatable bonds is 9. The van der Waals surface area contributed by atoms with Crippen LogP contribution in [0, 0.1) is 12.8 Å². The molecule has 3 aromatic heterocycles. The fourth-order valence-electron chi connectivity index (χ4n) is 4.59. The second kappa shape index (κ2) is 12.0. The van der Waals surface area contributed by atoms with Gasteiger partial charge in [-0.2, -0.15) is 14.6 Å². The van der Waals surface area contributed by atoms with Gasteiger partial charge in [0.15, 0.2) is 5.82 Å². The van der Waals surface area contributed by atoms with Crippen LogP contribution in [0.5, 0.6) is 5.75 Å². The van der Waals surface area contributed by atoms with E-state index in [-0.39, 0.29) is 5.56 Å². The largest absolute Gasteiger partial charge is 0.493 e. The second-order valence-corrected chi connectivity index (χ2v) is 11.6. The van der Waals surface area contributed by atoms with Gasteiger partial charge in [-0.25, -0.2) is 4.68 Å². The smallest absolute Gasteiger partial charge is 0.291 e. The predicted molar refractivity (Wildman–Crippen MR) is 170 cm³/mol. The van der Waals surface area contributed by atoms with Crippen LogP contribution in [0.3, 0.4) is 0 Å². The Kier molecular flexibility index (Phi) is 7.79. The number of aryl methyl sites for hydroxylation is 1. The molecule has 0 bridgehead atoms. The lowest BCUT2D eigenvalue weighted by atomic mass is 10.0. The second-order valence-electron chi connectivity index (χ2n) is 10.5. The summed E-state index contributed by atoms with van der Waals surface area (Å²) in [6, 6.07) is 26.0. The van der Waals surface area contributed by atoms with Gasteiger partial charge in [-0.15, -0.1) is 5.10 Å². The van der Waals surface area contributed by atoms with Crippen LogP contribution >= 0.6 is 11.3 Å². The molecule has 6 aromatic rings. The van der Waals surface area contributed by atoms with Crippen LogP contribution in [0.25, 0.3) is 40.1 Å². The van der Waals surface area contributed by atoms with Gasteiger partial charge in [-0.3, -0.25) is 4.79 Å². The monoisotopic (exact) mass is 573 g/mol. The third-order valence-corrected chi connectivity index (χ3v) is 7.83. The molecular formula is C34H31N5O2S. The molecule has 0 amide bonds. The van der Waals surface area contributed by atoms with Crippen molar-refractivity contribution in [2.75, 3.05) is 6.61 Å². The van der Waals surface area contributed by atoms with Gasteiger partial charge in [-0.1, -0.05) is 79.8 Å². The Labute approximate surface area is 248 Å². The van der Waals surface area contributed by atoms with E-state index >= 15 is 0 Å². The summed E-state index contributed by atoms with van der Waals surface area (Å²) in [5.74, 6) is 1.96. The van der Waals surface area contributed by atoms with Gasteiger partial charge in [0, 0.05) is 17.3 Å². The number of thiazole rings is 1. The Balaban J connectivity index is 1.37. The van der Waals surface area contributed by atoms with Crippen LogP contribution in [-0.2, 0) is 0 Å². The van der Waals surface area contributed by atoms with Crippen molar-refractivity contribution in [3.05, 3.63) is 122 Å². The summed E-state index contributed by atoms with van der Waals surface area (Å²) >= 11 is 1.32. The molecule has 8 heteroatoms. The van der Waals surface area contributed by atoms with Gasteiger partial charge >= 0.3 is 0 Å². The van der Waals surface area contributed by atoms with E-state index in [1.807, 2.05) is 109 Å². The summed E-state index contributed by atoms with van der Waals surface area (Å²) in [5, 5.41) is 9.38. The Morgan fingerprint density at radius 3 is 2.43 bits per heavy atom. The van der Waals surface area contributed by atoms with Crippen LogP contribution in [0.1, 0.15) is 42.8 Å². The van der Waals surface area contributed by atoms with Gasteiger partial charge in [0.2, 0.25) is 4.96 Å². The van der Waals surface area contributed by atoms with Crippen LogP contribution in [0.15, 0.2) is 89.9 Å². The minimum absolute atomic E-state index is 0.203. The first-order valence-electron chi connectivity index (χ1n) is 14.0. The van der Waals surface area contributed by atoms with Crippen LogP contribution in [-0.4, -0.2) is 31.0 Å². The molecule has 0 aliphatic carbocycles. The number of nitrogens with zero attached hydrogens (tertiary/aromatic N) is 5. The topological polar surface area (TPSA) is 74.3 Å². The number of hydrogen-bond acceptors (Lipinski definition) is 6. The highest BCUT2D eigenvalue weighted by molar-refractivity contribution is 7.15. The van der Waals surface area contributed by atoms with Crippen molar-refractivity contribution in [3.63, 3.8) is 0 Å². The normalized spacial score (nSPS) is 12.2. The van der Waals surface area contributed by atoms with Crippen LogP contribution in [0.4, 0.5) is 0 Å². The van der Waals surface area contributed by atoms with Crippen molar-refractivity contribution in [2.24, 2.45) is 5.92 Å². The molecule has 0 radical (unpaired) electrons. The molecule has 0 aliphatic rings. The van der Waals surface area contributed by atoms with E-state index in [9.17, 15) is 4.79 Å². The molecule has 6 rings (SSSR count). The minimum Gasteiger partial charge on any atom is -0.493 e. The van der Waals surface area contributed by atoms with Crippen molar-refractivity contribution >= 4 is 34.5 Å². The fraction of sp³-hybridized carbons (Fsp3) is 0.176. The fourth-order valence-corrected chi connectivity index (χ4v) is 5.49. The Bertz CT molecular complexity index is 1970. The van der Waals surface area contributed by atoms with E-state index in [0.29, 0.717) is 27.8 Å².